The number of hydrogen-bond donors (Lipinski definition) is 1. The Labute approximate surface area is 200 Å². The number of rotatable bonds is 3. The third-order valence-corrected chi connectivity index (χ3v) is 14.4. The monoisotopic (exact) mass is 514 g/mol. The Bertz CT molecular complexity index is 731. The first-order valence-corrected chi connectivity index (χ1v) is 14.9. The zero-order chi connectivity index (χ0) is 25.4. The van der Waals surface area contributed by atoms with E-state index in [0.717, 1.165) is 0 Å². The molecular weight excluding hydrogens is 472 g/mol. The summed E-state index contributed by atoms with van der Waals surface area (Å²) in [4.78, 5) is 26.2. The maximum absolute atomic E-state index is 13.5. The smallest absolute Gasteiger partial charge is 0.436 e. The highest BCUT2D eigenvalue weighted by Crippen LogP contribution is 2.90. The lowest BCUT2D eigenvalue weighted by Crippen LogP contribution is -2.62. The van der Waals surface area contributed by atoms with Crippen molar-refractivity contribution in [1.82, 2.24) is 19.1 Å². The first-order valence-electron chi connectivity index (χ1n) is 10.9. The van der Waals surface area contributed by atoms with Crippen LogP contribution in [0.15, 0.2) is 4.74 Å². The van der Waals surface area contributed by atoms with Crippen LogP contribution in [-0.2, 0) is 9.47 Å². The van der Waals surface area contributed by atoms with Gasteiger partial charge in [-0.3, -0.25) is 0 Å². The van der Waals surface area contributed by atoms with Gasteiger partial charge >= 0.3 is 12.2 Å². The Morgan fingerprint density at radius 2 is 1.31 bits per heavy atom. The lowest BCUT2D eigenvalue weighted by molar-refractivity contribution is 0.0667. The molecule has 0 bridgehead atoms. The first-order chi connectivity index (χ1) is 14.1. The summed E-state index contributed by atoms with van der Waals surface area (Å²) in [5, 5.41) is 0. The number of amides is 2. The molecule has 2 amide bonds. The Morgan fingerprint density at radius 1 is 0.906 bits per heavy atom. The van der Waals surface area contributed by atoms with E-state index in [1.807, 2.05) is 62.3 Å². The van der Waals surface area contributed by atoms with Crippen LogP contribution in [0.2, 0.25) is 0 Å². The molecule has 1 heterocycles. The lowest BCUT2D eigenvalue weighted by atomic mass is 10.1. The van der Waals surface area contributed by atoms with Gasteiger partial charge in [0.25, 0.3) is 15.1 Å². The molecule has 0 radical (unpaired) electrons. The summed E-state index contributed by atoms with van der Waals surface area (Å²) in [5.41, 5.74) is 1.27. The van der Waals surface area contributed by atoms with Gasteiger partial charge in [0, 0.05) is 0 Å². The van der Waals surface area contributed by atoms with Crippen molar-refractivity contribution in [3.63, 3.8) is 0 Å². The molecule has 0 spiro atoms. The molecule has 0 aromatic heterocycles. The van der Waals surface area contributed by atoms with Crippen molar-refractivity contribution in [1.29, 1.82) is 0 Å². The average Bonchev–Trinajstić information content (AvgIpc) is 2.45. The van der Waals surface area contributed by atoms with Crippen molar-refractivity contribution in [2.45, 2.75) is 119 Å². The number of hydrazine groups is 1. The van der Waals surface area contributed by atoms with Crippen LogP contribution in [0.25, 0.3) is 0 Å². The van der Waals surface area contributed by atoms with E-state index >= 15 is 0 Å². The van der Waals surface area contributed by atoms with Gasteiger partial charge in [0.15, 0.2) is 0 Å². The van der Waals surface area contributed by atoms with Crippen molar-refractivity contribution in [3.8, 4) is 0 Å². The zero-order valence-electron chi connectivity index (χ0n) is 21.9. The van der Waals surface area contributed by atoms with E-state index < -0.39 is 50.0 Å². The van der Waals surface area contributed by atoms with E-state index in [2.05, 4.69) is 14.3 Å². The van der Waals surface area contributed by atoms with Crippen LogP contribution in [0.5, 0.6) is 0 Å². The Balaban J connectivity index is 3.92. The van der Waals surface area contributed by atoms with Crippen molar-refractivity contribution < 1.29 is 19.1 Å². The zero-order valence-corrected chi connectivity index (χ0v) is 24.6. The standard InChI is InChI=1S/C20H42ClN5O4P2/c1-14(2)29-16(27)22-24(17(28)30-15(3)4)32(23-18(5,6)7)25(19(8,9)10)31(21)26(32)20(11,12)13/h14-15H,1-13H3,(H,22,27)/p+1. The van der Waals surface area contributed by atoms with Gasteiger partial charge in [0.2, 0.25) is 0 Å². The van der Waals surface area contributed by atoms with Crippen LogP contribution in [0.1, 0.15) is 90.0 Å². The van der Waals surface area contributed by atoms with Gasteiger partial charge in [-0.1, -0.05) is 8.88 Å². The molecule has 0 aromatic carbocycles. The van der Waals surface area contributed by atoms with Crippen LogP contribution < -0.4 is 5.43 Å². The van der Waals surface area contributed by atoms with Crippen molar-refractivity contribution in [2.75, 3.05) is 0 Å². The van der Waals surface area contributed by atoms with Crippen molar-refractivity contribution in [3.05, 3.63) is 0 Å². The summed E-state index contributed by atoms with van der Waals surface area (Å²) in [5.74, 6) is 0. The van der Waals surface area contributed by atoms with Gasteiger partial charge < -0.3 is 9.47 Å². The molecule has 32 heavy (non-hydrogen) atoms. The summed E-state index contributed by atoms with van der Waals surface area (Å²) in [7, 11) is -4.85. The third-order valence-electron chi connectivity index (χ3n) is 3.91. The van der Waals surface area contributed by atoms with Crippen molar-refractivity contribution in [2.24, 2.45) is 4.74 Å². The van der Waals surface area contributed by atoms with Gasteiger partial charge in [-0.05, 0) is 90.0 Å². The van der Waals surface area contributed by atoms with Gasteiger partial charge in [0.05, 0.1) is 28.8 Å². The third kappa shape index (κ3) is 6.73. The molecule has 0 saturated carbocycles. The first kappa shape index (κ1) is 29.4. The number of halogens is 1. The topological polar surface area (TPSA) is 86.7 Å². The van der Waals surface area contributed by atoms with Crippen LogP contribution in [0.3, 0.4) is 0 Å². The van der Waals surface area contributed by atoms with Gasteiger partial charge in [-0.25, -0.2) is 19.8 Å². The maximum Gasteiger partial charge on any atom is 0.436 e. The summed E-state index contributed by atoms with van der Waals surface area (Å²) in [6, 6.07) is 0. The molecule has 1 rings (SSSR count). The normalized spacial score (nSPS) is 23.1. The second-order valence-electron chi connectivity index (χ2n) is 11.4. The van der Waals surface area contributed by atoms with Crippen molar-refractivity contribution >= 4 is 38.5 Å². The molecule has 0 unspecified atom stereocenters. The highest BCUT2D eigenvalue weighted by Gasteiger charge is 2.73. The summed E-state index contributed by atoms with van der Waals surface area (Å²) < 4.78 is 21.5. The van der Waals surface area contributed by atoms with Crippen LogP contribution in [-0.4, -0.2) is 54.7 Å². The van der Waals surface area contributed by atoms with E-state index in [1.165, 1.54) is 4.78 Å². The largest absolute Gasteiger partial charge is 0.446 e. The van der Waals surface area contributed by atoms with E-state index in [0.29, 0.717) is 0 Å². The quantitative estimate of drug-likeness (QED) is 0.321. The molecule has 9 nitrogen and oxygen atoms in total. The van der Waals surface area contributed by atoms with E-state index in [-0.39, 0.29) is 6.10 Å². The number of ether oxygens (including phenoxy) is 2. The number of nitrogens with one attached hydrogen (secondary N) is 1. The number of carbonyl (C=O) groups excluding carboxylic acids is 2. The molecule has 1 aliphatic heterocycles. The van der Waals surface area contributed by atoms with Crippen LogP contribution in [0.4, 0.5) is 9.59 Å². The second-order valence-corrected chi connectivity index (χ2v) is 17.0. The molecule has 0 aromatic rings. The highest BCUT2D eigenvalue weighted by molar-refractivity contribution is 7.98. The minimum atomic E-state index is -3.08. The van der Waals surface area contributed by atoms with E-state index in [1.54, 1.807) is 27.7 Å². The van der Waals surface area contributed by atoms with Gasteiger partial charge in [0.1, 0.15) is 11.2 Å². The second kappa shape index (κ2) is 9.95. The average molecular weight is 515 g/mol. The minimum absolute atomic E-state index is 0.363. The van der Waals surface area contributed by atoms with E-state index in [9.17, 15) is 9.59 Å². The van der Waals surface area contributed by atoms with Crippen LogP contribution in [0, 0.1) is 0 Å². The molecule has 1 N–H and O–H groups in total. The van der Waals surface area contributed by atoms with E-state index in [4.69, 9.17) is 25.5 Å². The number of nitrogens with zero attached hydrogens (tertiary/aromatic N) is 4. The Morgan fingerprint density at radius 3 is 1.62 bits per heavy atom. The summed E-state index contributed by atoms with van der Waals surface area (Å²) in [6.45, 7) is 25.1. The van der Waals surface area contributed by atoms with Gasteiger partial charge in [-0.15, -0.1) is 4.78 Å². The molecule has 0 atom stereocenters. The van der Waals surface area contributed by atoms with Crippen LogP contribution >= 0.6 is 26.3 Å². The fourth-order valence-corrected chi connectivity index (χ4v) is 14.6. The lowest BCUT2D eigenvalue weighted by Gasteiger charge is -2.60. The minimum Gasteiger partial charge on any atom is -0.446 e. The Kier molecular flexibility index (Phi) is 9.16. The fourth-order valence-electron chi connectivity index (χ4n) is 3.24. The summed E-state index contributed by atoms with van der Waals surface area (Å²) in [6.07, 6.45) is -2.20. The highest BCUT2D eigenvalue weighted by atomic mass is 35.7. The molecule has 0 aliphatic carbocycles. The number of carbonyl (C=O) groups is 2. The SMILES string of the molecule is CC(C)OC(=O)NN(C(=O)OC(C)C)P1(=NC(C)(C)C)N(C(C)(C)C)[PH+](Cl)N1C(C)(C)C. The van der Waals surface area contributed by atoms with Gasteiger partial charge in [-0.2, -0.15) is 0 Å². The molecule has 12 heteroatoms. The maximum atomic E-state index is 13.5. The molecular formula is C20H43ClN5O4P2+. The molecule has 1 fully saturated rings. The predicted molar refractivity (Wildman–Crippen MR) is 135 cm³/mol. The molecule has 1 saturated heterocycles. The molecule has 188 valence electrons. The summed E-state index contributed by atoms with van der Waals surface area (Å²) >= 11 is 7.04. The number of hydrogen-bond acceptors (Lipinski definition) is 5. The molecule has 1 aliphatic rings. The fraction of sp³-hybridized carbons (Fsp3) is 0.900. The Hall–Kier alpha value is -0.590. The predicted octanol–water partition coefficient (Wildman–Crippen LogP) is 7.04.